The van der Waals surface area contributed by atoms with Crippen molar-refractivity contribution < 1.29 is 20.0 Å². The molecule has 0 fully saturated rings. The quantitative estimate of drug-likeness (QED) is 0.145. The molecule has 0 aliphatic rings. The molecular weight excluding hydrogens is 304 g/mol. The van der Waals surface area contributed by atoms with Crippen molar-refractivity contribution in [3.8, 4) is 0 Å². The van der Waals surface area contributed by atoms with Crippen molar-refractivity contribution in [2.75, 3.05) is 0 Å². The van der Waals surface area contributed by atoms with Crippen LogP contribution in [0.2, 0.25) is 0 Å². The Morgan fingerprint density at radius 2 is 1.42 bits per heavy atom. The summed E-state index contributed by atoms with van der Waals surface area (Å²) in [5, 5.41) is 17.3. The first kappa shape index (κ1) is 22.1. The summed E-state index contributed by atoms with van der Waals surface area (Å²) in [6, 6.07) is 0. The molecule has 4 nitrogen and oxygen atoms in total. The summed E-state index contributed by atoms with van der Waals surface area (Å²) < 4.78 is 0. The number of carboxylic acids is 1. The normalized spacial score (nSPS) is 14.1. The second kappa shape index (κ2) is 17.4. The molecular formula is C20H30O4. The van der Waals surface area contributed by atoms with Gasteiger partial charge in [0.2, 0.25) is 0 Å². The van der Waals surface area contributed by atoms with Crippen LogP contribution in [0.15, 0.2) is 60.8 Å². The summed E-state index contributed by atoms with van der Waals surface area (Å²) in [7, 11) is 0. The summed E-state index contributed by atoms with van der Waals surface area (Å²) in [6.45, 7) is 2.20. The number of allylic oxidation sites excluding steroid dienone is 8. The third-order valence-electron chi connectivity index (χ3n) is 3.32. The fourth-order valence-electron chi connectivity index (χ4n) is 2.02. The van der Waals surface area contributed by atoms with E-state index >= 15 is 0 Å². The topological polar surface area (TPSA) is 66.8 Å². The zero-order chi connectivity index (χ0) is 17.9. The van der Waals surface area contributed by atoms with Gasteiger partial charge in [0.05, 0.1) is 0 Å². The van der Waals surface area contributed by atoms with E-state index in [9.17, 15) is 4.79 Å². The largest absolute Gasteiger partial charge is 0.478 e. The Kier molecular flexibility index (Phi) is 16.1. The van der Waals surface area contributed by atoms with Gasteiger partial charge >= 0.3 is 5.97 Å². The predicted octanol–water partition coefficient (Wildman–Crippen LogP) is 5.46. The van der Waals surface area contributed by atoms with E-state index in [4.69, 9.17) is 10.4 Å². The minimum absolute atomic E-state index is 0.258. The van der Waals surface area contributed by atoms with Crippen LogP contribution in [0.25, 0.3) is 0 Å². The Bertz CT molecular complexity index is 445. The van der Waals surface area contributed by atoms with E-state index in [0.717, 1.165) is 18.9 Å². The molecule has 0 saturated heterocycles. The predicted molar refractivity (Wildman–Crippen MR) is 98.8 cm³/mol. The average molecular weight is 334 g/mol. The van der Waals surface area contributed by atoms with Crippen molar-refractivity contribution >= 4 is 5.97 Å². The lowest BCUT2D eigenvalue weighted by Crippen LogP contribution is -2.06. The van der Waals surface area contributed by atoms with Gasteiger partial charge in [0.25, 0.3) is 0 Å². The lowest BCUT2D eigenvalue weighted by molar-refractivity contribution is -0.267. The summed E-state index contributed by atoms with van der Waals surface area (Å²) in [6.07, 6.45) is 24.8. The van der Waals surface area contributed by atoms with Gasteiger partial charge in [-0.3, -0.25) is 5.26 Å². The Hall–Kier alpha value is -1.91. The molecule has 0 aliphatic carbocycles. The van der Waals surface area contributed by atoms with Crippen molar-refractivity contribution in [1.82, 2.24) is 0 Å². The second-order valence-electron chi connectivity index (χ2n) is 5.44. The number of unbranched alkanes of at least 4 members (excludes halogenated alkanes) is 5. The summed E-state index contributed by atoms with van der Waals surface area (Å²) in [4.78, 5) is 14.7. The van der Waals surface area contributed by atoms with Crippen molar-refractivity contribution in [2.24, 2.45) is 0 Å². The van der Waals surface area contributed by atoms with E-state index in [0.29, 0.717) is 0 Å². The van der Waals surface area contributed by atoms with Crippen LogP contribution in [-0.2, 0) is 9.68 Å². The van der Waals surface area contributed by atoms with E-state index in [1.807, 2.05) is 30.4 Å². The fourth-order valence-corrected chi connectivity index (χ4v) is 2.02. The molecule has 1 unspecified atom stereocenters. The molecule has 0 aromatic rings. The number of carboxylic acid groups (broad SMARTS) is 1. The zero-order valence-electron chi connectivity index (χ0n) is 14.5. The smallest absolute Gasteiger partial charge is 0.328 e. The number of carbonyl (C=O) groups is 1. The van der Waals surface area contributed by atoms with E-state index in [1.54, 1.807) is 18.2 Å². The minimum atomic E-state index is -0.963. The van der Waals surface area contributed by atoms with E-state index in [-0.39, 0.29) is 6.10 Å². The van der Waals surface area contributed by atoms with Gasteiger partial charge in [0, 0.05) is 6.08 Å². The van der Waals surface area contributed by atoms with Gasteiger partial charge in [-0.15, -0.1) is 0 Å². The van der Waals surface area contributed by atoms with Gasteiger partial charge < -0.3 is 5.11 Å². The molecule has 24 heavy (non-hydrogen) atoms. The number of hydrogen-bond acceptors (Lipinski definition) is 3. The lowest BCUT2D eigenvalue weighted by Gasteiger charge is -2.07. The van der Waals surface area contributed by atoms with Crippen LogP contribution in [0, 0.1) is 0 Å². The average Bonchev–Trinajstić information content (AvgIpc) is 2.57. The highest BCUT2D eigenvalue weighted by atomic mass is 17.1. The standard InChI is InChI=1S/C20H30O4/c1-2-3-4-5-10-13-16-19(24-23)17-14-11-8-6-7-9-12-15-18-20(21)22/h6-9,11-12,14-15,17-19,23H,2-5,10,13,16H2,1H3,(H,21,22). The highest BCUT2D eigenvalue weighted by Crippen LogP contribution is 2.10. The third kappa shape index (κ3) is 16.5. The van der Waals surface area contributed by atoms with Gasteiger partial charge in [-0.25, -0.2) is 9.68 Å². The van der Waals surface area contributed by atoms with E-state index in [1.165, 1.54) is 38.2 Å². The van der Waals surface area contributed by atoms with Crippen LogP contribution in [0.3, 0.4) is 0 Å². The van der Waals surface area contributed by atoms with Crippen LogP contribution >= 0.6 is 0 Å². The van der Waals surface area contributed by atoms with Crippen molar-refractivity contribution in [2.45, 2.75) is 58.0 Å². The monoisotopic (exact) mass is 334 g/mol. The molecule has 0 heterocycles. The SMILES string of the molecule is CCCCCCCCC(C=CC=CC=CC=CC=CC(=O)O)OO. The van der Waals surface area contributed by atoms with Gasteiger partial charge in [-0.05, 0) is 6.42 Å². The molecule has 0 rings (SSSR count). The first-order valence-electron chi connectivity index (χ1n) is 8.58. The van der Waals surface area contributed by atoms with Crippen LogP contribution in [0.5, 0.6) is 0 Å². The maximum atomic E-state index is 10.2. The molecule has 0 spiro atoms. The molecule has 0 amide bonds. The first-order valence-corrected chi connectivity index (χ1v) is 8.58. The summed E-state index contributed by atoms with van der Waals surface area (Å²) in [5.74, 6) is -0.963. The number of aliphatic carboxylic acids is 1. The van der Waals surface area contributed by atoms with Gasteiger partial charge in [-0.2, -0.15) is 0 Å². The minimum Gasteiger partial charge on any atom is -0.478 e. The van der Waals surface area contributed by atoms with Gasteiger partial charge in [0.15, 0.2) is 0 Å². The molecule has 0 aromatic carbocycles. The summed E-state index contributed by atoms with van der Waals surface area (Å²) in [5.41, 5.74) is 0. The van der Waals surface area contributed by atoms with Crippen LogP contribution < -0.4 is 0 Å². The fraction of sp³-hybridized carbons (Fsp3) is 0.450. The highest BCUT2D eigenvalue weighted by Gasteiger charge is 2.03. The molecule has 1 atom stereocenters. The van der Waals surface area contributed by atoms with Gasteiger partial charge in [0.1, 0.15) is 6.10 Å². The Morgan fingerprint density at radius 1 is 0.875 bits per heavy atom. The molecule has 0 aromatic heterocycles. The van der Waals surface area contributed by atoms with E-state index in [2.05, 4.69) is 11.8 Å². The molecule has 2 N–H and O–H groups in total. The Labute approximate surface area is 145 Å². The highest BCUT2D eigenvalue weighted by molar-refractivity contribution is 5.80. The van der Waals surface area contributed by atoms with Crippen LogP contribution in [0.4, 0.5) is 0 Å². The van der Waals surface area contributed by atoms with Crippen molar-refractivity contribution in [1.29, 1.82) is 0 Å². The van der Waals surface area contributed by atoms with Gasteiger partial charge in [-0.1, -0.05) is 100 Å². The first-order chi connectivity index (χ1) is 11.7. The lowest BCUT2D eigenvalue weighted by atomic mass is 10.1. The van der Waals surface area contributed by atoms with Crippen LogP contribution in [-0.4, -0.2) is 22.4 Å². The second-order valence-corrected chi connectivity index (χ2v) is 5.44. The molecule has 0 bridgehead atoms. The Balaban J connectivity index is 3.89. The summed E-state index contributed by atoms with van der Waals surface area (Å²) >= 11 is 0. The molecule has 0 radical (unpaired) electrons. The third-order valence-corrected chi connectivity index (χ3v) is 3.32. The van der Waals surface area contributed by atoms with Crippen molar-refractivity contribution in [3.05, 3.63) is 60.8 Å². The number of rotatable bonds is 14. The molecule has 4 heteroatoms. The Morgan fingerprint density at radius 3 is 2.00 bits per heavy atom. The molecule has 0 aliphatic heterocycles. The maximum Gasteiger partial charge on any atom is 0.328 e. The van der Waals surface area contributed by atoms with Crippen molar-refractivity contribution in [3.63, 3.8) is 0 Å². The molecule has 134 valence electrons. The van der Waals surface area contributed by atoms with Crippen LogP contribution in [0.1, 0.15) is 51.9 Å². The zero-order valence-corrected chi connectivity index (χ0v) is 14.5. The van der Waals surface area contributed by atoms with E-state index < -0.39 is 5.97 Å². The number of hydrogen-bond donors (Lipinski definition) is 2. The molecule has 0 saturated carbocycles. The maximum absolute atomic E-state index is 10.2.